The summed E-state index contributed by atoms with van der Waals surface area (Å²) < 4.78 is 17.8. The molecule has 0 bridgehead atoms. The summed E-state index contributed by atoms with van der Waals surface area (Å²) in [6.45, 7) is 8.93. The maximum Gasteiger partial charge on any atom is 0.513 e. The molecule has 0 rings (SSSR count). The van der Waals surface area contributed by atoms with Gasteiger partial charge >= 0.3 is 9.53 Å². The number of unbranched alkanes of at least 4 members (excludes halogenated alkanes) is 32. The highest BCUT2D eigenvalue weighted by Gasteiger charge is 2.16. The average molecular weight is 671 g/mol. The quantitative estimate of drug-likeness (QED) is 0.0280. The second kappa shape index (κ2) is 43.1. The molecule has 0 aliphatic rings. The molecule has 0 saturated heterocycles. The fourth-order valence-electron chi connectivity index (χ4n) is 6.28. The van der Waals surface area contributed by atoms with Crippen molar-refractivity contribution in [2.45, 2.75) is 245 Å². The van der Waals surface area contributed by atoms with Crippen molar-refractivity contribution in [3.05, 3.63) is 0 Å². The largest absolute Gasteiger partial charge is 0.513 e. The van der Waals surface area contributed by atoms with Crippen molar-refractivity contribution in [1.82, 2.24) is 0 Å². The molecule has 0 radical (unpaired) electrons. The van der Waals surface area contributed by atoms with Crippen molar-refractivity contribution >= 4 is 9.53 Å². The molecule has 0 aromatic carbocycles. The van der Waals surface area contributed by atoms with Crippen LogP contribution in [-0.2, 0) is 18.3 Å². The van der Waals surface area contributed by atoms with E-state index in [1.54, 1.807) is 0 Å². The molecule has 4 nitrogen and oxygen atoms in total. The summed E-state index contributed by atoms with van der Waals surface area (Å²) in [7, 11) is -2.20. The van der Waals surface area contributed by atoms with E-state index in [4.69, 9.17) is 18.3 Å². The van der Waals surface area contributed by atoms with Crippen molar-refractivity contribution in [3.8, 4) is 0 Å². The Morgan fingerprint density at radius 1 is 0.261 bits per heavy atom. The van der Waals surface area contributed by atoms with E-state index in [-0.39, 0.29) is 0 Å². The first-order valence-corrected chi connectivity index (χ1v) is 22.8. The Balaban J connectivity index is 3.65. The van der Waals surface area contributed by atoms with Gasteiger partial charge in [0.15, 0.2) is 0 Å². The molecule has 0 aromatic rings. The molecule has 0 amide bonds. The lowest BCUT2D eigenvalue weighted by atomic mass is 10.0. The minimum absolute atomic E-state index is 0.641. The fourth-order valence-corrected chi connectivity index (χ4v) is 7.41. The van der Waals surface area contributed by atoms with Crippen LogP contribution in [0.2, 0.25) is 0 Å². The van der Waals surface area contributed by atoms with E-state index in [2.05, 4.69) is 20.8 Å². The first-order valence-electron chi connectivity index (χ1n) is 21.4. The normalized spacial score (nSPS) is 11.7. The highest BCUT2D eigenvalue weighted by Crippen LogP contribution is 2.15. The zero-order chi connectivity index (χ0) is 33.3. The fraction of sp³-hybridized carbons (Fsp3) is 1.00. The molecule has 0 spiro atoms. The Hall–Kier alpha value is 0.0569. The SMILES string of the molecule is CCCCCCCCCCCCCCCCCCO[SiH](OCCCCCCCCCCCCCCCCCC)OOCCCCC. The van der Waals surface area contributed by atoms with E-state index in [0.717, 1.165) is 32.5 Å². The summed E-state index contributed by atoms with van der Waals surface area (Å²) >= 11 is 0. The van der Waals surface area contributed by atoms with Crippen LogP contribution < -0.4 is 0 Å². The Bertz CT molecular complexity index is 483. The molecule has 0 aromatic heterocycles. The van der Waals surface area contributed by atoms with E-state index >= 15 is 0 Å². The second-order valence-corrected chi connectivity index (χ2v) is 15.7. The zero-order valence-corrected chi connectivity index (χ0v) is 33.2. The van der Waals surface area contributed by atoms with E-state index in [1.807, 2.05) is 0 Å². The van der Waals surface area contributed by atoms with Crippen LogP contribution in [0.15, 0.2) is 0 Å². The standard InChI is InChI=1S/C41H86O4Si/c1-4-7-10-12-14-16-18-20-22-24-26-28-30-32-34-37-40-43-46(45-42-39-36-9-6-3)44-41-38-35-33-31-29-27-25-23-21-19-17-15-13-11-8-5-2/h46H,4-41H2,1-3H3. The van der Waals surface area contributed by atoms with Gasteiger partial charge in [0.2, 0.25) is 0 Å². The molecule has 0 fully saturated rings. The maximum atomic E-state index is 6.07. The average Bonchev–Trinajstić information content (AvgIpc) is 3.07. The highest BCUT2D eigenvalue weighted by molar-refractivity contribution is 6.35. The highest BCUT2D eigenvalue weighted by atomic mass is 28.3. The third-order valence-electron chi connectivity index (χ3n) is 9.48. The molecule has 0 N–H and O–H groups in total. The van der Waals surface area contributed by atoms with E-state index < -0.39 is 9.53 Å². The van der Waals surface area contributed by atoms with Crippen LogP contribution in [0.4, 0.5) is 0 Å². The molecule has 5 heteroatoms. The molecule has 0 heterocycles. The summed E-state index contributed by atoms with van der Waals surface area (Å²) in [5.74, 6) is 0. The summed E-state index contributed by atoms with van der Waals surface area (Å²) in [4.78, 5) is 5.48. The van der Waals surface area contributed by atoms with E-state index in [0.29, 0.717) is 6.61 Å². The van der Waals surface area contributed by atoms with Gasteiger partial charge in [0.05, 0.1) is 6.61 Å². The van der Waals surface area contributed by atoms with Gasteiger partial charge in [-0.05, 0) is 19.3 Å². The van der Waals surface area contributed by atoms with Crippen molar-refractivity contribution in [3.63, 3.8) is 0 Å². The Morgan fingerprint density at radius 2 is 0.478 bits per heavy atom. The first-order chi connectivity index (χ1) is 22.8. The van der Waals surface area contributed by atoms with Gasteiger partial charge in [-0.2, -0.15) is 0 Å². The predicted molar refractivity (Wildman–Crippen MR) is 205 cm³/mol. The van der Waals surface area contributed by atoms with Gasteiger partial charge in [-0.1, -0.05) is 226 Å². The van der Waals surface area contributed by atoms with E-state index in [9.17, 15) is 0 Å². The summed E-state index contributed by atoms with van der Waals surface area (Å²) in [6.07, 6.45) is 47.8. The molecule has 0 saturated carbocycles. The van der Waals surface area contributed by atoms with Crippen LogP contribution in [0, 0.1) is 0 Å². The van der Waals surface area contributed by atoms with Crippen LogP contribution in [0.25, 0.3) is 0 Å². The Labute approximate surface area is 292 Å². The van der Waals surface area contributed by atoms with Gasteiger partial charge in [-0.15, -0.1) is 0 Å². The van der Waals surface area contributed by atoms with Crippen LogP contribution in [0.5, 0.6) is 0 Å². The smallest absolute Gasteiger partial charge is 0.375 e. The van der Waals surface area contributed by atoms with Crippen molar-refractivity contribution in [2.75, 3.05) is 19.8 Å². The molecule has 278 valence electrons. The van der Waals surface area contributed by atoms with Crippen molar-refractivity contribution in [2.24, 2.45) is 0 Å². The molecular formula is C41H86O4Si. The summed E-state index contributed by atoms with van der Waals surface area (Å²) in [5.41, 5.74) is 0. The number of hydrogen-bond acceptors (Lipinski definition) is 4. The minimum Gasteiger partial charge on any atom is -0.375 e. The van der Waals surface area contributed by atoms with Gasteiger partial charge in [-0.3, -0.25) is 0 Å². The third-order valence-corrected chi connectivity index (χ3v) is 10.8. The summed E-state index contributed by atoms with van der Waals surface area (Å²) in [6, 6.07) is 0. The lowest BCUT2D eigenvalue weighted by Crippen LogP contribution is -2.28. The third kappa shape index (κ3) is 40.2. The van der Waals surface area contributed by atoms with E-state index in [1.165, 1.54) is 205 Å². The van der Waals surface area contributed by atoms with Gasteiger partial charge in [0, 0.05) is 13.2 Å². The lowest BCUT2D eigenvalue weighted by Gasteiger charge is -2.16. The van der Waals surface area contributed by atoms with Crippen molar-refractivity contribution < 1.29 is 18.3 Å². The first kappa shape index (κ1) is 46.1. The molecule has 0 atom stereocenters. The number of rotatable bonds is 42. The molecule has 46 heavy (non-hydrogen) atoms. The van der Waals surface area contributed by atoms with Gasteiger partial charge < -0.3 is 8.85 Å². The Kier molecular flexibility index (Phi) is 43.1. The van der Waals surface area contributed by atoms with Gasteiger partial charge in [0.1, 0.15) is 0 Å². The number of hydrogen-bond donors (Lipinski definition) is 0. The lowest BCUT2D eigenvalue weighted by molar-refractivity contribution is -0.241. The molecule has 0 aliphatic carbocycles. The maximum absolute atomic E-state index is 6.07. The van der Waals surface area contributed by atoms with Gasteiger partial charge in [-0.25, -0.2) is 9.46 Å². The second-order valence-electron chi connectivity index (χ2n) is 14.3. The van der Waals surface area contributed by atoms with Gasteiger partial charge in [0.25, 0.3) is 0 Å². The molecular weight excluding hydrogens is 585 g/mol. The molecule has 0 unspecified atom stereocenters. The Morgan fingerprint density at radius 3 is 0.761 bits per heavy atom. The minimum atomic E-state index is -2.20. The topological polar surface area (TPSA) is 36.9 Å². The van der Waals surface area contributed by atoms with Crippen LogP contribution in [0.1, 0.15) is 245 Å². The van der Waals surface area contributed by atoms with Crippen LogP contribution in [0.3, 0.4) is 0 Å². The monoisotopic (exact) mass is 671 g/mol. The zero-order valence-electron chi connectivity index (χ0n) is 32.1. The van der Waals surface area contributed by atoms with Crippen LogP contribution >= 0.6 is 0 Å². The summed E-state index contributed by atoms with van der Waals surface area (Å²) in [5, 5.41) is 0. The van der Waals surface area contributed by atoms with Crippen LogP contribution in [-0.4, -0.2) is 29.3 Å². The molecule has 0 aliphatic heterocycles. The van der Waals surface area contributed by atoms with Crippen molar-refractivity contribution in [1.29, 1.82) is 0 Å². The predicted octanol–water partition coefficient (Wildman–Crippen LogP) is 14.4.